The van der Waals surface area contributed by atoms with E-state index in [4.69, 9.17) is 10.5 Å². The van der Waals surface area contributed by atoms with Gasteiger partial charge in [0.15, 0.2) is 0 Å². The van der Waals surface area contributed by atoms with E-state index in [1.54, 1.807) is 11.8 Å². The number of nitrogens with two attached hydrogens (primary N) is 1. The van der Waals surface area contributed by atoms with Crippen LogP contribution in [0.25, 0.3) is 0 Å². The van der Waals surface area contributed by atoms with Crippen molar-refractivity contribution in [3.63, 3.8) is 0 Å². The summed E-state index contributed by atoms with van der Waals surface area (Å²) in [5.41, 5.74) is 7.52. The van der Waals surface area contributed by atoms with Gasteiger partial charge in [0.2, 0.25) is 11.8 Å². The zero-order chi connectivity index (χ0) is 16.1. The van der Waals surface area contributed by atoms with Gasteiger partial charge in [-0.2, -0.15) is 5.10 Å². The van der Waals surface area contributed by atoms with Crippen LogP contribution in [0.5, 0.6) is 5.88 Å². The van der Waals surface area contributed by atoms with Gasteiger partial charge in [-0.1, -0.05) is 0 Å². The Bertz CT molecular complexity index is 514. The van der Waals surface area contributed by atoms with Crippen molar-refractivity contribution in [3.05, 3.63) is 11.3 Å². The number of amides is 1. The molecule has 7 heteroatoms. The summed E-state index contributed by atoms with van der Waals surface area (Å²) in [6.45, 7) is 5.56. The van der Waals surface area contributed by atoms with Crippen LogP contribution in [-0.4, -0.2) is 53.9 Å². The van der Waals surface area contributed by atoms with Gasteiger partial charge < -0.3 is 15.8 Å². The Balaban J connectivity index is 2.00. The summed E-state index contributed by atoms with van der Waals surface area (Å²) in [6.07, 6.45) is 1.97. The number of aryl methyl sites for hydroxylation is 2. The van der Waals surface area contributed by atoms with E-state index >= 15 is 0 Å². The lowest BCUT2D eigenvalue weighted by Gasteiger charge is -2.32. The van der Waals surface area contributed by atoms with Crippen LogP contribution >= 0.6 is 0 Å². The smallest absolute Gasteiger partial charge is 0.224 e. The molecule has 0 aromatic carbocycles. The average molecular weight is 309 g/mol. The SMILES string of the molecule is COc1c(CN2CCCC(C(=O)NCCN)C2)c(C)nn1C. The standard InChI is InChI=1S/C15H27N5O2/c1-11-13(15(22-3)19(2)18-11)10-20-8-4-5-12(9-20)14(21)17-7-6-16/h12H,4-10,16H2,1-3H3,(H,17,21). The van der Waals surface area contributed by atoms with E-state index in [9.17, 15) is 4.79 Å². The van der Waals surface area contributed by atoms with Crippen LogP contribution in [0.2, 0.25) is 0 Å². The molecule has 124 valence electrons. The van der Waals surface area contributed by atoms with E-state index in [1.165, 1.54) is 0 Å². The maximum Gasteiger partial charge on any atom is 0.224 e. The Hall–Kier alpha value is -1.60. The molecule has 0 radical (unpaired) electrons. The van der Waals surface area contributed by atoms with E-state index in [1.807, 2.05) is 14.0 Å². The molecular weight excluding hydrogens is 282 g/mol. The van der Waals surface area contributed by atoms with Gasteiger partial charge in [0, 0.05) is 33.2 Å². The van der Waals surface area contributed by atoms with Crippen molar-refractivity contribution >= 4 is 5.91 Å². The van der Waals surface area contributed by atoms with Crippen LogP contribution < -0.4 is 15.8 Å². The quantitative estimate of drug-likeness (QED) is 0.774. The first kappa shape index (κ1) is 16.8. The second-order valence-corrected chi connectivity index (χ2v) is 5.85. The van der Waals surface area contributed by atoms with E-state index in [0.29, 0.717) is 13.1 Å². The van der Waals surface area contributed by atoms with Gasteiger partial charge in [-0.3, -0.25) is 9.69 Å². The molecule has 22 heavy (non-hydrogen) atoms. The molecule has 7 nitrogen and oxygen atoms in total. The lowest BCUT2D eigenvalue weighted by atomic mass is 9.96. The highest BCUT2D eigenvalue weighted by atomic mass is 16.5. The minimum atomic E-state index is 0.0447. The molecule has 1 aliphatic rings. The Morgan fingerprint density at radius 1 is 1.55 bits per heavy atom. The van der Waals surface area contributed by atoms with Crippen LogP contribution in [0.3, 0.4) is 0 Å². The van der Waals surface area contributed by atoms with E-state index in [2.05, 4.69) is 15.3 Å². The first-order chi connectivity index (χ1) is 10.6. The van der Waals surface area contributed by atoms with Gasteiger partial charge in [-0.15, -0.1) is 0 Å². The van der Waals surface area contributed by atoms with Gasteiger partial charge >= 0.3 is 0 Å². The molecule has 0 aliphatic carbocycles. The van der Waals surface area contributed by atoms with Crippen molar-refractivity contribution < 1.29 is 9.53 Å². The maximum atomic E-state index is 12.1. The highest BCUT2D eigenvalue weighted by Crippen LogP contribution is 2.25. The van der Waals surface area contributed by atoms with Gasteiger partial charge in [-0.25, -0.2) is 4.68 Å². The van der Waals surface area contributed by atoms with Crippen LogP contribution in [0.1, 0.15) is 24.1 Å². The molecule has 2 heterocycles. The molecule has 1 saturated heterocycles. The lowest BCUT2D eigenvalue weighted by molar-refractivity contribution is -0.126. The molecule has 0 bridgehead atoms. The van der Waals surface area contributed by atoms with Crippen LogP contribution in [0, 0.1) is 12.8 Å². The predicted molar refractivity (Wildman–Crippen MR) is 84.6 cm³/mol. The maximum absolute atomic E-state index is 12.1. The zero-order valence-electron chi connectivity index (χ0n) is 13.8. The molecule has 3 N–H and O–H groups in total. The first-order valence-electron chi connectivity index (χ1n) is 7.83. The fraction of sp³-hybridized carbons (Fsp3) is 0.733. The number of methoxy groups -OCH3 is 1. The van der Waals surface area contributed by atoms with E-state index in [0.717, 1.165) is 49.6 Å². The second kappa shape index (κ2) is 7.60. The van der Waals surface area contributed by atoms with Crippen LogP contribution in [0.15, 0.2) is 0 Å². The summed E-state index contributed by atoms with van der Waals surface area (Å²) < 4.78 is 7.21. The minimum absolute atomic E-state index is 0.0447. The Kier molecular flexibility index (Phi) is 5.79. The highest BCUT2D eigenvalue weighted by molar-refractivity contribution is 5.78. The molecule has 0 spiro atoms. The molecule has 1 fully saturated rings. The molecule has 1 aromatic heterocycles. The Labute approximate surface area is 131 Å². The summed E-state index contributed by atoms with van der Waals surface area (Å²) in [6, 6.07) is 0. The Morgan fingerprint density at radius 3 is 3.00 bits per heavy atom. The van der Waals surface area contributed by atoms with E-state index < -0.39 is 0 Å². The lowest BCUT2D eigenvalue weighted by Crippen LogP contribution is -2.43. The van der Waals surface area contributed by atoms with Gasteiger partial charge in [0.05, 0.1) is 24.3 Å². The molecule has 1 atom stereocenters. The number of hydrogen-bond donors (Lipinski definition) is 2. The monoisotopic (exact) mass is 309 g/mol. The minimum Gasteiger partial charge on any atom is -0.481 e. The third kappa shape index (κ3) is 3.78. The first-order valence-corrected chi connectivity index (χ1v) is 7.83. The molecular formula is C15H27N5O2. The Morgan fingerprint density at radius 2 is 2.32 bits per heavy atom. The molecule has 0 saturated carbocycles. The number of likely N-dealkylation sites (tertiary alicyclic amines) is 1. The van der Waals surface area contributed by atoms with Crippen molar-refractivity contribution in [1.29, 1.82) is 0 Å². The largest absolute Gasteiger partial charge is 0.481 e. The summed E-state index contributed by atoms with van der Waals surface area (Å²) >= 11 is 0. The number of ether oxygens (including phenoxy) is 1. The predicted octanol–water partition coefficient (Wildman–Crippen LogP) is 0.0240. The summed E-state index contributed by atoms with van der Waals surface area (Å²) in [5.74, 6) is 0.959. The molecule has 2 rings (SSSR count). The summed E-state index contributed by atoms with van der Waals surface area (Å²) in [4.78, 5) is 14.4. The number of carbonyl (C=O) groups excluding carboxylic acids is 1. The zero-order valence-corrected chi connectivity index (χ0v) is 13.8. The van der Waals surface area contributed by atoms with Gasteiger partial charge in [-0.05, 0) is 26.3 Å². The van der Waals surface area contributed by atoms with Crippen molar-refractivity contribution in [3.8, 4) is 5.88 Å². The summed E-state index contributed by atoms with van der Waals surface area (Å²) in [7, 11) is 3.55. The fourth-order valence-electron chi connectivity index (χ4n) is 3.09. The number of piperidine rings is 1. The number of aromatic nitrogens is 2. The second-order valence-electron chi connectivity index (χ2n) is 5.85. The number of nitrogens with zero attached hydrogens (tertiary/aromatic N) is 3. The van der Waals surface area contributed by atoms with Crippen molar-refractivity contribution in [1.82, 2.24) is 20.0 Å². The molecule has 1 aliphatic heterocycles. The number of carbonyl (C=O) groups is 1. The fourth-order valence-corrected chi connectivity index (χ4v) is 3.09. The highest BCUT2D eigenvalue weighted by Gasteiger charge is 2.27. The van der Waals surface area contributed by atoms with Gasteiger partial charge in [0.1, 0.15) is 0 Å². The average Bonchev–Trinajstić information content (AvgIpc) is 2.78. The van der Waals surface area contributed by atoms with Crippen LogP contribution in [-0.2, 0) is 18.4 Å². The summed E-state index contributed by atoms with van der Waals surface area (Å²) in [5, 5.41) is 7.31. The third-order valence-electron chi connectivity index (χ3n) is 4.18. The normalized spacial score (nSPS) is 19.2. The van der Waals surface area contributed by atoms with Gasteiger partial charge in [0.25, 0.3) is 0 Å². The van der Waals surface area contributed by atoms with E-state index in [-0.39, 0.29) is 11.8 Å². The van der Waals surface area contributed by atoms with Crippen molar-refractivity contribution in [2.45, 2.75) is 26.3 Å². The number of rotatable bonds is 6. The van der Waals surface area contributed by atoms with Crippen molar-refractivity contribution in [2.24, 2.45) is 18.7 Å². The molecule has 1 unspecified atom stereocenters. The van der Waals surface area contributed by atoms with Crippen LogP contribution in [0.4, 0.5) is 0 Å². The molecule has 1 amide bonds. The number of hydrogen-bond acceptors (Lipinski definition) is 5. The number of nitrogens with one attached hydrogen (secondary N) is 1. The molecule has 1 aromatic rings. The third-order valence-corrected chi connectivity index (χ3v) is 4.18. The van der Waals surface area contributed by atoms with Crippen molar-refractivity contribution in [2.75, 3.05) is 33.3 Å². The topological polar surface area (TPSA) is 85.4 Å².